The Morgan fingerprint density at radius 2 is 1.84 bits per heavy atom. The highest BCUT2D eigenvalue weighted by Gasteiger charge is 2.31. The average molecular weight is 255 g/mol. The first-order valence-electron chi connectivity index (χ1n) is 6.80. The molecule has 1 aromatic carbocycles. The van der Waals surface area contributed by atoms with Gasteiger partial charge in [0.1, 0.15) is 5.76 Å². The summed E-state index contributed by atoms with van der Waals surface area (Å²) >= 11 is 0. The summed E-state index contributed by atoms with van der Waals surface area (Å²) in [6.07, 6.45) is 4.60. The van der Waals surface area contributed by atoms with Crippen molar-refractivity contribution < 1.29 is 9.90 Å². The second-order valence-electron chi connectivity index (χ2n) is 5.25. The number of rotatable bonds is 2. The monoisotopic (exact) mass is 255 g/mol. The topological polar surface area (TPSA) is 49.7 Å². The number of fused-ring (bicyclic) bond motifs is 1. The van der Waals surface area contributed by atoms with Crippen LogP contribution in [0.2, 0.25) is 0 Å². The third kappa shape index (κ3) is 1.99. The van der Waals surface area contributed by atoms with Crippen molar-refractivity contribution in [2.75, 3.05) is 0 Å². The Labute approximate surface area is 112 Å². The lowest BCUT2D eigenvalue weighted by Gasteiger charge is -2.06. The molecule has 1 fully saturated rings. The Morgan fingerprint density at radius 1 is 1.21 bits per heavy atom. The van der Waals surface area contributed by atoms with Gasteiger partial charge in [0, 0.05) is 16.8 Å². The van der Waals surface area contributed by atoms with Gasteiger partial charge in [-0.25, -0.2) is 0 Å². The van der Waals surface area contributed by atoms with E-state index in [9.17, 15) is 9.90 Å². The molecule has 3 rings (SSSR count). The number of benzene rings is 1. The zero-order valence-corrected chi connectivity index (χ0v) is 11.0. The van der Waals surface area contributed by atoms with Gasteiger partial charge in [-0.3, -0.25) is 9.79 Å². The molecule has 0 saturated heterocycles. The summed E-state index contributed by atoms with van der Waals surface area (Å²) in [6, 6.07) is 7.49. The summed E-state index contributed by atoms with van der Waals surface area (Å²) in [4.78, 5) is 16.9. The minimum atomic E-state index is -0.104. The number of aliphatic hydroxyl groups is 1. The second-order valence-corrected chi connectivity index (χ2v) is 5.25. The summed E-state index contributed by atoms with van der Waals surface area (Å²) in [6.45, 7) is 1.83. The van der Waals surface area contributed by atoms with Gasteiger partial charge in [0.15, 0.2) is 5.78 Å². The maximum Gasteiger partial charge on any atom is 0.199 e. The van der Waals surface area contributed by atoms with Gasteiger partial charge in [-0.1, -0.05) is 37.1 Å². The fourth-order valence-electron chi connectivity index (χ4n) is 2.97. The van der Waals surface area contributed by atoms with Crippen LogP contribution in [0.4, 0.5) is 0 Å². The van der Waals surface area contributed by atoms with E-state index in [1.807, 2.05) is 19.1 Å². The summed E-state index contributed by atoms with van der Waals surface area (Å²) in [7, 11) is 0. The van der Waals surface area contributed by atoms with Crippen LogP contribution in [0.1, 0.15) is 48.5 Å². The molecule has 98 valence electrons. The SMILES string of the molecule is CC(=NC1CCCC1)C1=C(O)c2ccccc2C1=O. The number of aliphatic imine (C=N–C) groups is 1. The Morgan fingerprint density at radius 3 is 2.47 bits per heavy atom. The zero-order chi connectivity index (χ0) is 13.4. The van der Waals surface area contributed by atoms with Crippen LogP contribution in [0.5, 0.6) is 0 Å². The van der Waals surface area contributed by atoms with Crippen molar-refractivity contribution in [2.45, 2.75) is 38.6 Å². The van der Waals surface area contributed by atoms with Gasteiger partial charge < -0.3 is 5.11 Å². The molecule has 2 aliphatic carbocycles. The van der Waals surface area contributed by atoms with E-state index in [1.165, 1.54) is 12.8 Å². The van der Waals surface area contributed by atoms with Gasteiger partial charge in [0.25, 0.3) is 0 Å². The van der Waals surface area contributed by atoms with Gasteiger partial charge in [0.05, 0.1) is 11.6 Å². The van der Waals surface area contributed by atoms with Crippen LogP contribution in [0, 0.1) is 0 Å². The van der Waals surface area contributed by atoms with Crippen LogP contribution >= 0.6 is 0 Å². The van der Waals surface area contributed by atoms with Gasteiger partial charge in [-0.15, -0.1) is 0 Å². The smallest absolute Gasteiger partial charge is 0.199 e. The van der Waals surface area contributed by atoms with E-state index >= 15 is 0 Å². The van der Waals surface area contributed by atoms with Crippen LogP contribution in [-0.2, 0) is 0 Å². The molecule has 3 nitrogen and oxygen atoms in total. The highest BCUT2D eigenvalue weighted by atomic mass is 16.3. The second kappa shape index (κ2) is 4.65. The molecule has 0 aromatic heterocycles. The van der Waals surface area contributed by atoms with Crippen molar-refractivity contribution in [3.05, 3.63) is 41.0 Å². The molecule has 3 heteroatoms. The first-order valence-corrected chi connectivity index (χ1v) is 6.80. The van der Waals surface area contributed by atoms with Crippen molar-refractivity contribution in [2.24, 2.45) is 4.99 Å². The molecule has 2 aliphatic rings. The first-order chi connectivity index (χ1) is 9.18. The van der Waals surface area contributed by atoms with Crippen LogP contribution in [0.25, 0.3) is 5.76 Å². The van der Waals surface area contributed by atoms with E-state index in [-0.39, 0.29) is 11.5 Å². The number of hydrogen-bond acceptors (Lipinski definition) is 3. The maximum absolute atomic E-state index is 12.3. The van der Waals surface area contributed by atoms with Crippen LogP contribution in [0.3, 0.4) is 0 Å². The minimum Gasteiger partial charge on any atom is -0.506 e. The number of ketones is 1. The van der Waals surface area contributed by atoms with Crippen molar-refractivity contribution in [3.63, 3.8) is 0 Å². The fraction of sp³-hybridized carbons (Fsp3) is 0.375. The quantitative estimate of drug-likeness (QED) is 0.821. The van der Waals surface area contributed by atoms with E-state index in [0.717, 1.165) is 12.8 Å². The molecule has 0 aliphatic heterocycles. The van der Waals surface area contributed by atoms with Crippen molar-refractivity contribution in [1.29, 1.82) is 0 Å². The standard InChI is InChI=1S/C16H17NO2/c1-10(17-11-6-2-3-7-11)14-15(18)12-8-4-5-9-13(12)16(14)19/h4-5,8-9,11,18H,2-3,6-7H2,1H3. The van der Waals surface area contributed by atoms with Gasteiger partial charge in [-0.2, -0.15) is 0 Å². The molecule has 0 bridgehead atoms. The number of hydrogen-bond donors (Lipinski definition) is 1. The van der Waals surface area contributed by atoms with E-state index in [0.29, 0.717) is 28.5 Å². The van der Waals surface area contributed by atoms with Crippen LogP contribution < -0.4 is 0 Å². The highest BCUT2D eigenvalue weighted by molar-refractivity contribution is 6.35. The molecule has 0 radical (unpaired) electrons. The lowest BCUT2D eigenvalue weighted by Crippen LogP contribution is -2.11. The summed E-state index contributed by atoms with van der Waals surface area (Å²) in [5.41, 5.74) is 2.26. The minimum absolute atomic E-state index is 0.0832. The number of carbonyl (C=O) groups is 1. The van der Waals surface area contributed by atoms with Gasteiger partial charge in [0.2, 0.25) is 0 Å². The predicted octanol–water partition coefficient (Wildman–Crippen LogP) is 3.56. The third-order valence-electron chi connectivity index (χ3n) is 3.95. The molecule has 0 heterocycles. The van der Waals surface area contributed by atoms with Crippen molar-refractivity contribution in [3.8, 4) is 0 Å². The van der Waals surface area contributed by atoms with Crippen LogP contribution in [-0.4, -0.2) is 22.6 Å². The molecule has 19 heavy (non-hydrogen) atoms. The molecular weight excluding hydrogens is 238 g/mol. The van der Waals surface area contributed by atoms with Gasteiger partial charge in [-0.05, 0) is 19.8 Å². The molecular formula is C16H17NO2. The van der Waals surface area contributed by atoms with Crippen molar-refractivity contribution >= 4 is 17.3 Å². The van der Waals surface area contributed by atoms with E-state index < -0.39 is 0 Å². The Kier molecular flexibility index (Phi) is 2.97. The molecule has 1 aromatic rings. The summed E-state index contributed by atoms with van der Waals surface area (Å²) in [5.74, 6) is -0.0211. The Balaban J connectivity index is 1.98. The molecule has 1 saturated carbocycles. The molecule has 0 amide bonds. The normalized spacial score (nSPS) is 20.3. The number of carbonyl (C=O) groups excluding carboxylic acids is 1. The average Bonchev–Trinajstić information content (AvgIpc) is 2.99. The maximum atomic E-state index is 12.3. The Bertz CT molecular complexity index is 593. The Hall–Kier alpha value is -1.90. The number of Topliss-reactive ketones (excluding diaryl/α,β-unsaturated/α-hetero) is 1. The van der Waals surface area contributed by atoms with Crippen molar-refractivity contribution in [1.82, 2.24) is 0 Å². The number of allylic oxidation sites excluding steroid dienone is 1. The number of aliphatic hydroxyl groups excluding tert-OH is 1. The fourth-order valence-corrected chi connectivity index (χ4v) is 2.97. The molecule has 0 spiro atoms. The lowest BCUT2D eigenvalue weighted by atomic mass is 10.1. The molecule has 1 N–H and O–H groups in total. The van der Waals surface area contributed by atoms with Crippen LogP contribution in [0.15, 0.2) is 34.8 Å². The summed E-state index contributed by atoms with van der Waals surface area (Å²) < 4.78 is 0. The summed E-state index contributed by atoms with van der Waals surface area (Å²) in [5, 5.41) is 10.2. The predicted molar refractivity (Wildman–Crippen MR) is 75.7 cm³/mol. The largest absolute Gasteiger partial charge is 0.506 e. The first kappa shape index (κ1) is 12.2. The third-order valence-corrected chi connectivity index (χ3v) is 3.95. The zero-order valence-electron chi connectivity index (χ0n) is 11.0. The van der Waals surface area contributed by atoms with E-state index in [2.05, 4.69) is 4.99 Å². The molecule has 0 unspecified atom stereocenters. The van der Waals surface area contributed by atoms with E-state index in [4.69, 9.17) is 0 Å². The van der Waals surface area contributed by atoms with E-state index in [1.54, 1.807) is 12.1 Å². The number of nitrogens with zero attached hydrogens (tertiary/aromatic N) is 1. The van der Waals surface area contributed by atoms with Gasteiger partial charge >= 0.3 is 0 Å². The molecule has 0 atom stereocenters. The highest BCUT2D eigenvalue weighted by Crippen LogP contribution is 2.32. The lowest BCUT2D eigenvalue weighted by molar-refractivity contribution is 0.104.